The Labute approximate surface area is 102 Å². The van der Waals surface area contributed by atoms with E-state index in [0.29, 0.717) is 13.0 Å². The van der Waals surface area contributed by atoms with Crippen molar-refractivity contribution in [1.29, 1.82) is 0 Å². The van der Waals surface area contributed by atoms with E-state index < -0.39 is 0 Å². The quantitative estimate of drug-likeness (QED) is 0.710. The van der Waals surface area contributed by atoms with Crippen LogP contribution in [-0.4, -0.2) is 18.4 Å². The minimum atomic E-state index is -0.302. The molecule has 0 aliphatic heterocycles. The number of esters is 1. The lowest BCUT2D eigenvalue weighted by Gasteiger charge is -2.12. The molecular weight excluding hydrogens is 216 g/mol. The fourth-order valence-electron chi connectivity index (χ4n) is 1.68. The van der Waals surface area contributed by atoms with Gasteiger partial charge in [0, 0.05) is 5.92 Å². The summed E-state index contributed by atoms with van der Waals surface area (Å²) in [5.74, 6) is -0.554. The Hall–Kier alpha value is -1.64. The molecule has 0 spiro atoms. The zero-order chi connectivity index (χ0) is 12.7. The van der Waals surface area contributed by atoms with Gasteiger partial charge < -0.3 is 4.74 Å². The molecule has 0 amide bonds. The van der Waals surface area contributed by atoms with Gasteiger partial charge in [-0.15, -0.1) is 0 Å². The van der Waals surface area contributed by atoms with E-state index in [-0.39, 0.29) is 24.1 Å². The Kier molecular flexibility index (Phi) is 5.40. The van der Waals surface area contributed by atoms with Crippen molar-refractivity contribution in [1.82, 2.24) is 0 Å². The van der Waals surface area contributed by atoms with Crippen LogP contribution in [0.5, 0.6) is 0 Å². The number of ketones is 1. The molecule has 0 aliphatic rings. The van der Waals surface area contributed by atoms with E-state index in [4.69, 9.17) is 4.74 Å². The molecular formula is C14H18O3. The molecule has 0 bridgehead atoms. The highest BCUT2D eigenvalue weighted by molar-refractivity contribution is 5.83. The van der Waals surface area contributed by atoms with Gasteiger partial charge in [0.2, 0.25) is 0 Å². The van der Waals surface area contributed by atoms with Crippen LogP contribution in [0.1, 0.15) is 25.8 Å². The third kappa shape index (κ3) is 4.81. The van der Waals surface area contributed by atoms with Crippen LogP contribution in [0.15, 0.2) is 30.3 Å². The van der Waals surface area contributed by atoms with Crippen molar-refractivity contribution in [2.45, 2.75) is 26.7 Å². The van der Waals surface area contributed by atoms with Crippen LogP contribution in [0.2, 0.25) is 0 Å². The summed E-state index contributed by atoms with van der Waals surface area (Å²) in [6.07, 6.45) is 0.757. The second-order valence-corrected chi connectivity index (χ2v) is 4.01. The van der Waals surface area contributed by atoms with E-state index in [1.54, 1.807) is 6.92 Å². The number of rotatable bonds is 6. The van der Waals surface area contributed by atoms with Crippen LogP contribution < -0.4 is 0 Å². The van der Waals surface area contributed by atoms with Crippen LogP contribution in [-0.2, 0) is 20.7 Å². The molecule has 1 aromatic rings. The second kappa shape index (κ2) is 6.84. The number of hydrogen-bond donors (Lipinski definition) is 0. The predicted octanol–water partition coefficient (Wildman–Crippen LogP) is 2.39. The SMILES string of the molecule is CCOC(=O)CC(Cc1ccccc1)C(C)=O. The minimum absolute atomic E-state index is 0.0295. The third-order valence-electron chi connectivity index (χ3n) is 2.62. The minimum Gasteiger partial charge on any atom is -0.466 e. The first-order chi connectivity index (χ1) is 8.13. The van der Waals surface area contributed by atoms with Gasteiger partial charge in [-0.1, -0.05) is 30.3 Å². The Bertz CT molecular complexity index is 370. The van der Waals surface area contributed by atoms with Crippen molar-refractivity contribution in [3.8, 4) is 0 Å². The number of benzene rings is 1. The highest BCUT2D eigenvalue weighted by atomic mass is 16.5. The number of Topliss-reactive ketones (excluding diaryl/α,β-unsaturated/α-hetero) is 1. The summed E-state index contributed by atoms with van der Waals surface area (Å²) in [7, 11) is 0. The molecule has 1 unspecified atom stereocenters. The molecule has 1 aromatic carbocycles. The number of hydrogen-bond acceptors (Lipinski definition) is 3. The van der Waals surface area contributed by atoms with Crippen molar-refractivity contribution in [2.24, 2.45) is 5.92 Å². The summed E-state index contributed by atoms with van der Waals surface area (Å²) in [5.41, 5.74) is 1.07. The van der Waals surface area contributed by atoms with Gasteiger partial charge in [-0.05, 0) is 25.8 Å². The van der Waals surface area contributed by atoms with E-state index in [9.17, 15) is 9.59 Å². The van der Waals surface area contributed by atoms with E-state index in [0.717, 1.165) is 5.56 Å². The summed E-state index contributed by atoms with van der Waals surface area (Å²) in [6, 6.07) is 9.70. The molecule has 1 rings (SSSR count). The van der Waals surface area contributed by atoms with Gasteiger partial charge in [-0.25, -0.2) is 0 Å². The monoisotopic (exact) mass is 234 g/mol. The maximum Gasteiger partial charge on any atom is 0.306 e. The Balaban J connectivity index is 2.61. The molecule has 3 nitrogen and oxygen atoms in total. The first-order valence-corrected chi connectivity index (χ1v) is 5.83. The zero-order valence-electron chi connectivity index (χ0n) is 10.3. The molecule has 0 saturated carbocycles. The first kappa shape index (κ1) is 13.4. The Morgan fingerprint density at radius 1 is 1.24 bits per heavy atom. The summed E-state index contributed by atoms with van der Waals surface area (Å²) in [5, 5.41) is 0. The lowest BCUT2D eigenvalue weighted by atomic mass is 9.93. The standard InChI is InChI=1S/C14H18O3/c1-3-17-14(16)10-13(11(2)15)9-12-7-5-4-6-8-12/h4-8,13H,3,9-10H2,1-2H3. The van der Waals surface area contributed by atoms with Crippen molar-refractivity contribution < 1.29 is 14.3 Å². The highest BCUT2D eigenvalue weighted by Crippen LogP contribution is 2.14. The predicted molar refractivity (Wildman–Crippen MR) is 65.6 cm³/mol. The van der Waals surface area contributed by atoms with Crippen molar-refractivity contribution in [3.63, 3.8) is 0 Å². The summed E-state index contributed by atoms with van der Waals surface area (Å²) in [6.45, 7) is 3.64. The molecule has 1 atom stereocenters. The van der Waals surface area contributed by atoms with Gasteiger partial charge >= 0.3 is 5.97 Å². The molecule has 0 aromatic heterocycles. The molecule has 0 radical (unpaired) electrons. The summed E-state index contributed by atoms with van der Waals surface area (Å²) >= 11 is 0. The van der Waals surface area contributed by atoms with Gasteiger partial charge in [0.25, 0.3) is 0 Å². The van der Waals surface area contributed by atoms with Crippen LogP contribution >= 0.6 is 0 Å². The fourth-order valence-corrected chi connectivity index (χ4v) is 1.68. The molecule has 17 heavy (non-hydrogen) atoms. The number of ether oxygens (including phenoxy) is 1. The normalized spacial score (nSPS) is 11.9. The van der Waals surface area contributed by atoms with E-state index in [1.165, 1.54) is 6.92 Å². The van der Waals surface area contributed by atoms with Gasteiger partial charge in [0.1, 0.15) is 5.78 Å². The summed E-state index contributed by atoms with van der Waals surface area (Å²) in [4.78, 5) is 22.9. The lowest BCUT2D eigenvalue weighted by Crippen LogP contribution is -2.20. The second-order valence-electron chi connectivity index (χ2n) is 4.01. The van der Waals surface area contributed by atoms with E-state index >= 15 is 0 Å². The van der Waals surface area contributed by atoms with Crippen LogP contribution in [0.4, 0.5) is 0 Å². The molecule has 92 valence electrons. The van der Waals surface area contributed by atoms with Crippen LogP contribution in [0.3, 0.4) is 0 Å². The van der Waals surface area contributed by atoms with Gasteiger partial charge in [0.05, 0.1) is 13.0 Å². The molecule has 3 heteroatoms. The number of carbonyl (C=O) groups is 2. The molecule has 0 saturated heterocycles. The topological polar surface area (TPSA) is 43.4 Å². The largest absolute Gasteiger partial charge is 0.466 e. The first-order valence-electron chi connectivity index (χ1n) is 5.83. The maximum absolute atomic E-state index is 11.5. The zero-order valence-corrected chi connectivity index (χ0v) is 10.3. The fraction of sp³-hybridized carbons (Fsp3) is 0.429. The van der Waals surface area contributed by atoms with Gasteiger partial charge in [-0.3, -0.25) is 9.59 Å². The maximum atomic E-state index is 11.5. The van der Waals surface area contributed by atoms with Gasteiger partial charge in [0.15, 0.2) is 0 Å². The molecule has 0 fully saturated rings. The highest BCUT2D eigenvalue weighted by Gasteiger charge is 2.19. The third-order valence-corrected chi connectivity index (χ3v) is 2.62. The van der Waals surface area contributed by atoms with E-state index in [2.05, 4.69) is 0 Å². The Morgan fingerprint density at radius 3 is 2.41 bits per heavy atom. The van der Waals surface area contributed by atoms with E-state index in [1.807, 2.05) is 30.3 Å². The van der Waals surface area contributed by atoms with Crippen molar-refractivity contribution >= 4 is 11.8 Å². The van der Waals surface area contributed by atoms with Crippen molar-refractivity contribution in [3.05, 3.63) is 35.9 Å². The smallest absolute Gasteiger partial charge is 0.306 e. The molecule has 0 heterocycles. The Morgan fingerprint density at radius 2 is 1.88 bits per heavy atom. The van der Waals surface area contributed by atoms with Gasteiger partial charge in [-0.2, -0.15) is 0 Å². The lowest BCUT2D eigenvalue weighted by molar-refractivity contribution is -0.145. The number of carbonyl (C=O) groups excluding carboxylic acids is 2. The average Bonchev–Trinajstić information content (AvgIpc) is 2.29. The molecule has 0 aliphatic carbocycles. The van der Waals surface area contributed by atoms with Crippen LogP contribution in [0, 0.1) is 5.92 Å². The summed E-state index contributed by atoms with van der Waals surface area (Å²) < 4.78 is 4.87. The average molecular weight is 234 g/mol. The molecule has 0 N–H and O–H groups in total. The van der Waals surface area contributed by atoms with Crippen LogP contribution in [0.25, 0.3) is 0 Å². The van der Waals surface area contributed by atoms with Crippen molar-refractivity contribution in [2.75, 3.05) is 6.61 Å².